The second-order valence-corrected chi connectivity index (χ2v) is 16.7. The highest BCUT2D eigenvalue weighted by Gasteiger charge is 2.74. The molecule has 15 atom stereocenters. The molecule has 220 valence electrons. The lowest BCUT2D eigenvalue weighted by molar-refractivity contribution is -0.317. The Morgan fingerprint density at radius 3 is 2.08 bits per heavy atom. The van der Waals surface area contributed by atoms with Crippen molar-refractivity contribution in [1.29, 1.82) is 0 Å². The van der Waals surface area contributed by atoms with Crippen LogP contribution in [0.25, 0.3) is 0 Å². The van der Waals surface area contributed by atoms with Crippen LogP contribution in [0, 0.1) is 81.3 Å². The van der Waals surface area contributed by atoms with Crippen LogP contribution in [-0.4, -0.2) is 33.6 Å². The number of rotatable bonds is 3. The molecule has 0 aromatic carbocycles. The minimum absolute atomic E-state index is 0.0337. The van der Waals surface area contributed by atoms with E-state index in [1.165, 1.54) is 51.4 Å². The molecule has 5 fully saturated rings. The van der Waals surface area contributed by atoms with Crippen molar-refractivity contribution in [2.75, 3.05) is 0 Å². The highest BCUT2D eigenvalue weighted by molar-refractivity contribution is 5.22. The predicted molar refractivity (Wildman–Crippen MR) is 156 cm³/mol. The lowest BCUT2D eigenvalue weighted by atomic mass is 9.29. The third-order valence-electron chi connectivity index (χ3n) is 15.4. The summed E-state index contributed by atoms with van der Waals surface area (Å²) in [5.41, 5.74) is -0.305. The molecule has 5 rings (SSSR count). The zero-order valence-electron chi connectivity index (χ0n) is 26.3. The number of hydrogen-bond donors (Lipinski definition) is 3. The van der Waals surface area contributed by atoms with Gasteiger partial charge in [0.05, 0.1) is 18.3 Å². The van der Waals surface area contributed by atoms with Crippen molar-refractivity contribution in [2.45, 2.75) is 138 Å². The Morgan fingerprint density at radius 2 is 1.47 bits per heavy atom. The quantitative estimate of drug-likeness (QED) is 0.353. The molecular weight excluding hydrogens is 468 g/mol. The molecular formula is C35H62O3. The van der Waals surface area contributed by atoms with Gasteiger partial charge in [0.25, 0.3) is 0 Å². The van der Waals surface area contributed by atoms with Crippen LogP contribution >= 0.6 is 0 Å². The van der Waals surface area contributed by atoms with Crippen molar-refractivity contribution in [1.82, 2.24) is 0 Å². The number of hydrogen-bond acceptors (Lipinski definition) is 3. The molecule has 15 unspecified atom stereocenters. The van der Waals surface area contributed by atoms with Crippen molar-refractivity contribution in [3.63, 3.8) is 0 Å². The number of aliphatic hydroxyl groups excluding tert-OH is 3. The van der Waals surface area contributed by atoms with Crippen molar-refractivity contribution >= 4 is 0 Å². The van der Waals surface area contributed by atoms with Crippen molar-refractivity contribution in [3.05, 3.63) is 0 Å². The number of aliphatic hydroxyl groups is 3. The Bertz CT molecular complexity index is 848. The van der Waals surface area contributed by atoms with Gasteiger partial charge in [-0.1, -0.05) is 93.9 Å². The van der Waals surface area contributed by atoms with Gasteiger partial charge in [-0.25, -0.2) is 0 Å². The molecule has 0 aliphatic heterocycles. The van der Waals surface area contributed by atoms with E-state index in [0.717, 1.165) is 18.3 Å². The standard InChI is InChI=1S/C35H62O3/c1-19-13-15-25(16-14-19)17-27-26-12-10-11-20(2)29(26)31(37)30-22(4)35(9)32(38)28(23(5)36)21(3)18-33(35,7)24(6)34(27,30)8/h19-32,36-38H,10-18H2,1-9H3. The molecule has 3 nitrogen and oxygen atoms in total. The van der Waals surface area contributed by atoms with Crippen LogP contribution in [-0.2, 0) is 0 Å². The summed E-state index contributed by atoms with van der Waals surface area (Å²) in [6.45, 7) is 21.4. The summed E-state index contributed by atoms with van der Waals surface area (Å²) in [4.78, 5) is 0. The third-order valence-corrected chi connectivity index (χ3v) is 15.4. The molecule has 5 saturated carbocycles. The van der Waals surface area contributed by atoms with Gasteiger partial charge >= 0.3 is 0 Å². The van der Waals surface area contributed by atoms with E-state index < -0.39 is 12.2 Å². The fourth-order valence-corrected chi connectivity index (χ4v) is 13.0. The van der Waals surface area contributed by atoms with Crippen LogP contribution in [0.5, 0.6) is 0 Å². The first kappa shape index (κ1) is 29.4. The highest BCUT2D eigenvalue weighted by Crippen LogP contribution is 2.76. The Hall–Kier alpha value is -0.120. The normalized spacial score (nSPS) is 59.8. The molecule has 0 amide bonds. The second kappa shape index (κ2) is 10.0. The third kappa shape index (κ3) is 3.89. The van der Waals surface area contributed by atoms with Gasteiger partial charge in [0.2, 0.25) is 0 Å². The molecule has 0 heterocycles. The van der Waals surface area contributed by atoms with Gasteiger partial charge < -0.3 is 15.3 Å². The minimum Gasteiger partial charge on any atom is -0.393 e. The average Bonchev–Trinajstić information content (AvgIpc) is 2.84. The monoisotopic (exact) mass is 530 g/mol. The fourth-order valence-electron chi connectivity index (χ4n) is 13.0. The van der Waals surface area contributed by atoms with E-state index in [0.29, 0.717) is 29.6 Å². The van der Waals surface area contributed by atoms with Gasteiger partial charge in [0, 0.05) is 11.3 Å². The van der Waals surface area contributed by atoms with Crippen molar-refractivity contribution < 1.29 is 15.3 Å². The van der Waals surface area contributed by atoms with E-state index in [4.69, 9.17) is 0 Å². The highest BCUT2D eigenvalue weighted by atomic mass is 16.3. The van der Waals surface area contributed by atoms with Gasteiger partial charge in [-0.05, 0) is 96.2 Å². The van der Waals surface area contributed by atoms with Crippen LogP contribution in [0.15, 0.2) is 0 Å². The Morgan fingerprint density at radius 1 is 0.842 bits per heavy atom. The van der Waals surface area contributed by atoms with E-state index in [9.17, 15) is 15.3 Å². The zero-order valence-corrected chi connectivity index (χ0v) is 26.3. The van der Waals surface area contributed by atoms with Gasteiger partial charge in [-0.3, -0.25) is 0 Å². The molecule has 0 radical (unpaired) electrons. The summed E-state index contributed by atoms with van der Waals surface area (Å²) in [6, 6.07) is 0. The molecule has 38 heavy (non-hydrogen) atoms. The Labute approximate surface area is 235 Å². The summed E-state index contributed by atoms with van der Waals surface area (Å²) >= 11 is 0. The Kier molecular flexibility index (Phi) is 7.74. The predicted octanol–water partition coefficient (Wildman–Crippen LogP) is 7.56. The lowest BCUT2D eigenvalue weighted by Gasteiger charge is -2.76. The van der Waals surface area contributed by atoms with E-state index in [2.05, 4.69) is 55.4 Å². The largest absolute Gasteiger partial charge is 0.393 e. The van der Waals surface area contributed by atoms with Gasteiger partial charge in [0.1, 0.15) is 0 Å². The molecule has 0 bridgehead atoms. The maximum Gasteiger partial charge on any atom is 0.0657 e. The lowest BCUT2D eigenvalue weighted by Crippen LogP contribution is -2.75. The van der Waals surface area contributed by atoms with Crippen LogP contribution in [0.1, 0.15) is 120 Å². The Balaban J connectivity index is 1.62. The fraction of sp³-hybridized carbons (Fsp3) is 1.00. The van der Waals surface area contributed by atoms with Crippen LogP contribution in [0.4, 0.5) is 0 Å². The van der Waals surface area contributed by atoms with E-state index in [1.807, 2.05) is 6.92 Å². The van der Waals surface area contributed by atoms with E-state index in [1.54, 1.807) is 0 Å². The molecule has 5 aliphatic rings. The van der Waals surface area contributed by atoms with Crippen LogP contribution in [0.2, 0.25) is 0 Å². The summed E-state index contributed by atoms with van der Waals surface area (Å²) in [7, 11) is 0. The summed E-state index contributed by atoms with van der Waals surface area (Å²) in [5, 5.41) is 35.4. The first-order chi connectivity index (χ1) is 17.7. The first-order valence-electron chi connectivity index (χ1n) is 16.7. The molecule has 0 aromatic heterocycles. The molecule has 3 N–H and O–H groups in total. The number of fused-ring (bicyclic) bond motifs is 3. The molecule has 0 saturated heterocycles. The smallest absolute Gasteiger partial charge is 0.0657 e. The molecule has 0 aromatic rings. The maximum atomic E-state index is 12.5. The average molecular weight is 531 g/mol. The summed E-state index contributed by atoms with van der Waals surface area (Å²) < 4.78 is 0. The van der Waals surface area contributed by atoms with Crippen molar-refractivity contribution in [2.24, 2.45) is 81.3 Å². The van der Waals surface area contributed by atoms with Gasteiger partial charge in [-0.2, -0.15) is 0 Å². The SMILES string of the molecule is CC1CCC(CC2C3CCCC(C)C3C(O)C3C(C)C4(C)C(O)C(C(C)O)C(C)CC4(C)C(C)C23C)CC1. The maximum absolute atomic E-state index is 12.5. The minimum atomic E-state index is -0.551. The summed E-state index contributed by atoms with van der Waals surface area (Å²) in [5.74, 6) is 4.97. The first-order valence-corrected chi connectivity index (χ1v) is 16.7. The molecule has 3 heteroatoms. The van der Waals surface area contributed by atoms with Crippen LogP contribution in [0.3, 0.4) is 0 Å². The summed E-state index contributed by atoms with van der Waals surface area (Å²) in [6.07, 6.45) is 10.4. The van der Waals surface area contributed by atoms with E-state index in [-0.39, 0.29) is 46.0 Å². The topological polar surface area (TPSA) is 60.7 Å². The van der Waals surface area contributed by atoms with Crippen molar-refractivity contribution in [3.8, 4) is 0 Å². The second-order valence-electron chi connectivity index (χ2n) is 16.7. The van der Waals surface area contributed by atoms with Gasteiger partial charge in [-0.15, -0.1) is 0 Å². The van der Waals surface area contributed by atoms with Crippen LogP contribution < -0.4 is 0 Å². The zero-order chi connectivity index (χ0) is 27.9. The van der Waals surface area contributed by atoms with E-state index >= 15 is 0 Å². The molecule has 0 spiro atoms. The molecule has 5 aliphatic carbocycles. The van der Waals surface area contributed by atoms with Gasteiger partial charge in [0.15, 0.2) is 0 Å².